The smallest absolute Gasteiger partial charge is 0.241 e. The van der Waals surface area contributed by atoms with E-state index in [1.54, 1.807) is 11.3 Å². The summed E-state index contributed by atoms with van der Waals surface area (Å²) in [6.07, 6.45) is 25.0. The number of unbranched alkanes of at least 4 members (excludes halogenated alkanes) is 17. The maximum absolute atomic E-state index is 6.13. The Bertz CT molecular complexity index is 940. The molecule has 3 rings (SSSR count). The first kappa shape index (κ1) is 28.6. The van der Waals surface area contributed by atoms with Crippen molar-refractivity contribution < 1.29 is 4.74 Å². The van der Waals surface area contributed by atoms with E-state index in [9.17, 15) is 0 Å². The van der Waals surface area contributed by atoms with Crippen LogP contribution in [0.25, 0.3) is 22.3 Å². The van der Waals surface area contributed by atoms with E-state index in [4.69, 9.17) is 14.7 Å². The highest BCUT2D eigenvalue weighted by Gasteiger charge is 2.13. The number of hydrogen-bond acceptors (Lipinski definition) is 4. The van der Waals surface area contributed by atoms with Crippen LogP contribution in [0.15, 0.2) is 41.1 Å². The van der Waals surface area contributed by atoms with Crippen LogP contribution in [-0.2, 0) is 0 Å². The molecule has 3 nitrogen and oxygen atoms in total. The van der Waals surface area contributed by atoms with Crippen LogP contribution in [0.5, 0.6) is 5.88 Å². The van der Waals surface area contributed by atoms with Gasteiger partial charge in [-0.1, -0.05) is 146 Å². The third-order valence-corrected chi connectivity index (χ3v) is 7.78. The molecule has 0 N–H and O–H groups in total. The highest BCUT2D eigenvalue weighted by Crippen LogP contribution is 2.30. The Morgan fingerprint density at radius 1 is 0.583 bits per heavy atom. The fourth-order valence-corrected chi connectivity index (χ4v) is 5.51. The Balaban J connectivity index is 1.17. The normalized spacial score (nSPS) is 11.4. The zero-order chi connectivity index (χ0) is 25.1. The summed E-state index contributed by atoms with van der Waals surface area (Å²) < 4.78 is 6.13. The molecule has 198 valence electrons. The third-order valence-electron chi connectivity index (χ3n) is 7.06. The van der Waals surface area contributed by atoms with E-state index in [-0.39, 0.29) is 0 Å². The van der Waals surface area contributed by atoms with Crippen LogP contribution >= 0.6 is 11.3 Å². The number of rotatable bonds is 21. The number of hydrogen-bond donors (Lipinski definition) is 0. The minimum Gasteiger partial charge on any atom is -0.476 e. The van der Waals surface area contributed by atoms with Gasteiger partial charge in [0, 0.05) is 16.3 Å². The average molecular weight is 509 g/mol. The van der Waals surface area contributed by atoms with Gasteiger partial charge in [0.05, 0.1) is 6.61 Å². The van der Waals surface area contributed by atoms with Gasteiger partial charge in [-0.25, -0.2) is 9.97 Å². The van der Waals surface area contributed by atoms with Crippen molar-refractivity contribution in [3.05, 3.63) is 41.1 Å². The monoisotopic (exact) mass is 508 g/mol. The predicted molar refractivity (Wildman–Crippen MR) is 157 cm³/mol. The van der Waals surface area contributed by atoms with Crippen molar-refractivity contribution in [1.29, 1.82) is 0 Å². The standard InChI is InChI=1S/C32H48N2OS/c1-2-3-4-5-6-7-8-9-10-11-12-13-14-15-16-17-18-22-25-35-32-31(28-23-20-19-21-24-28)33-29-26-36-27-30(29)34-32/h19-21,23-24,26-27H,2-18,22,25H2,1H3. The number of benzene rings is 1. The van der Waals surface area contributed by atoms with E-state index in [1.807, 2.05) is 23.6 Å². The molecule has 0 unspecified atom stereocenters. The minimum atomic E-state index is 0.666. The fourth-order valence-electron chi connectivity index (χ4n) is 4.84. The van der Waals surface area contributed by atoms with Gasteiger partial charge >= 0.3 is 0 Å². The van der Waals surface area contributed by atoms with Crippen molar-refractivity contribution in [3.63, 3.8) is 0 Å². The van der Waals surface area contributed by atoms with Crippen LogP contribution < -0.4 is 4.74 Å². The zero-order valence-corrected chi connectivity index (χ0v) is 23.5. The van der Waals surface area contributed by atoms with E-state index in [2.05, 4.69) is 24.4 Å². The Labute approximate surface area is 224 Å². The van der Waals surface area contributed by atoms with Crippen molar-refractivity contribution in [1.82, 2.24) is 9.97 Å². The van der Waals surface area contributed by atoms with E-state index < -0.39 is 0 Å². The quantitative estimate of drug-likeness (QED) is 0.134. The van der Waals surface area contributed by atoms with Gasteiger partial charge in [0.1, 0.15) is 16.7 Å². The molecule has 0 aliphatic rings. The molecule has 0 aliphatic heterocycles. The molecule has 0 bridgehead atoms. The van der Waals surface area contributed by atoms with Crippen LogP contribution in [0.1, 0.15) is 122 Å². The Kier molecular flexibility index (Phi) is 14.6. The molecule has 0 fully saturated rings. The molecule has 0 spiro atoms. The van der Waals surface area contributed by atoms with Crippen molar-refractivity contribution in [2.75, 3.05) is 6.61 Å². The largest absolute Gasteiger partial charge is 0.476 e. The van der Waals surface area contributed by atoms with Gasteiger partial charge in [0.25, 0.3) is 0 Å². The Morgan fingerprint density at radius 2 is 1.06 bits per heavy atom. The summed E-state index contributed by atoms with van der Waals surface area (Å²) in [4.78, 5) is 9.58. The van der Waals surface area contributed by atoms with E-state index >= 15 is 0 Å². The van der Waals surface area contributed by atoms with Gasteiger partial charge in [-0.05, 0) is 6.42 Å². The average Bonchev–Trinajstić information content (AvgIpc) is 3.37. The summed E-state index contributed by atoms with van der Waals surface area (Å²) in [7, 11) is 0. The maximum Gasteiger partial charge on any atom is 0.241 e. The molecule has 0 amide bonds. The molecule has 0 radical (unpaired) electrons. The van der Waals surface area contributed by atoms with Crippen LogP contribution in [0.2, 0.25) is 0 Å². The summed E-state index contributed by atoms with van der Waals surface area (Å²) in [5.41, 5.74) is 3.78. The second kappa shape index (κ2) is 18.3. The van der Waals surface area contributed by atoms with Crippen molar-refractivity contribution in [2.45, 2.75) is 122 Å². The number of nitrogens with zero attached hydrogens (tertiary/aromatic N) is 2. The maximum atomic E-state index is 6.13. The summed E-state index contributed by atoms with van der Waals surface area (Å²) in [6, 6.07) is 10.3. The first-order valence-corrected chi connectivity index (χ1v) is 15.7. The van der Waals surface area contributed by atoms with Crippen molar-refractivity contribution in [2.24, 2.45) is 0 Å². The first-order valence-electron chi connectivity index (χ1n) is 14.8. The van der Waals surface area contributed by atoms with Crippen molar-refractivity contribution in [3.8, 4) is 17.1 Å². The van der Waals surface area contributed by atoms with Gasteiger partial charge in [-0.3, -0.25) is 0 Å². The van der Waals surface area contributed by atoms with E-state index in [0.717, 1.165) is 28.7 Å². The highest BCUT2D eigenvalue weighted by molar-refractivity contribution is 7.09. The van der Waals surface area contributed by atoms with Crippen LogP contribution in [-0.4, -0.2) is 16.6 Å². The molecule has 0 saturated carbocycles. The number of aromatic nitrogens is 2. The van der Waals surface area contributed by atoms with Gasteiger partial charge in [0.15, 0.2) is 0 Å². The number of thiophene rings is 1. The Hall–Kier alpha value is -1.94. The molecule has 4 heteroatoms. The lowest BCUT2D eigenvalue weighted by molar-refractivity contribution is 0.294. The molecular formula is C32H48N2OS. The zero-order valence-electron chi connectivity index (χ0n) is 22.7. The molecule has 0 atom stereocenters. The molecule has 0 aliphatic carbocycles. The lowest BCUT2D eigenvalue weighted by atomic mass is 10.0. The number of ether oxygens (including phenoxy) is 1. The SMILES string of the molecule is CCCCCCCCCCCCCCCCCCCCOc1nc2cscc2nc1-c1ccccc1. The van der Waals surface area contributed by atoms with E-state index in [0.29, 0.717) is 12.5 Å². The minimum absolute atomic E-state index is 0.666. The Morgan fingerprint density at radius 3 is 1.58 bits per heavy atom. The van der Waals surface area contributed by atoms with E-state index in [1.165, 1.54) is 109 Å². The topological polar surface area (TPSA) is 35.0 Å². The fraction of sp³-hybridized carbons (Fsp3) is 0.625. The molecule has 1 aromatic carbocycles. The van der Waals surface area contributed by atoms with Crippen LogP contribution in [0, 0.1) is 0 Å². The van der Waals surface area contributed by atoms with Gasteiger partial charge < -0.3 is 4.74 Å². The summed E-state index contributed by atoms with van der Waals surface area (Å²) in [5.74, 6) is 0.666. The van der Waals surface area contributed by atoms with Crippen LogP contribution in [0.3, 0.4) is 0 Å². The third kappa shape index (κ3) is 11.0. The second-order valence-electron chi connectivity index (χ2n) is 10.2. The highest BCUT2D eigenvalue weighted by atomic mass is 32.1. The molecule has 3 aromatic rings. The van der Waals surface area contributed by atoms with Gasteiger partial charge in [-0.15, -0.1) is 11.3 Å². The molecule has 36 heavy (non-hydrogen) atoms. The molecule has 0 saturated heterocycles. The predicted octanol–water partition coefficient (Wildman–Crippen LogP) is 10.8. The van der Waals surface area contributed by atoms with Gasteiger partial charge in [0.2, 0.25) is 5.88 Å². The molecule has 2 heterocycles. The lowest BCUT2D eigenvalue weighted by Gasteiger charge is -2.10. The second-order valence-corrected chi connectivity index (χ2v) is 11.0. The summed E-state index contributed by atoms with van der Waals surface area (Å²) in [5, 5.41) is 4.09. The number of fused-ring (bicyclic) bond motifs is 1. The summed E-state index contributed by atoms with van der Waals surface area (Å²) in [6.45, 7) is 3.01. The van der Waals surface area contributed by atoms with Gasteiger partial charge in [-0.2, -0.15) is 0 Å². The molecular weight excluding hydrogens is 460 g/mol. The van der Waals surface area contributed by atoms with Crippen molar-refractivity contribution >= 4 is 22.4 Å². The summed E-state index contributed by atoms with van der Waals surface area (Å²) >= 11 is 1.64. The van der Waals surface area contributed by atoms with Crippen LogP contribution in [0.4, 0.5) is 0 Å². The lowest BCUT2D eigenvalue weighted by Crippen LogP contribution is -2.02. The first-order chi connectivity index (χ1) is 17.9. The molecule has 2 aromatic heterocycles.